The van der Waals surface area contributed by atoms with Crippen LogP contribution in [0.15, 0.2) is 42.5 Å². The smallest absolute Gasteiger partial charge is 0.416 e. The van der Waals surface area contributed by atoms with E-state index in [1.807, 2.05) is 6.92 Å². The molecule has 2 unspecified atom stereocenters. The molecular weight excluding hydrogens is 430 g/mol. The van der Waals surface area contributed by atoms with Crippen molar-refractivity contribution in [1.29, 1.82) is 0 Å². The number of aliphatic hydroxyl groups is 1. The van der Waals surface area contributed by atoms with Crippen molar-refractivity contribution in [3.63, 3.8) is 0 Å². The Labute approximate surface area is 166 Å². The fourth-order valence-corrected chi connectivity index (χ4v) is 2.62. The summed E-state index contributed by atoms with van der Waals surface area (Å²) >= 11 is 0. The molecule has 0 heterocycles. The first-order chi connectivity index (χ1) is 12.2. The normalized spacial score (nSPS) is 13.6. The highest BCUT2D eigenvalue weighted by Gasteiger charge is 2.30. The Morgan fingerprint density at radius 2 is 1.85 bits per heavy atom. The monoisotopic (exact) mass is 451 g/mol. The highest BCUT2D eigenvalue weighted by Crippen LogP contribution is 2.30. The summed E-state index contributed by atoms with van der Waals surface area (Å²) in [5.74, 6) is -0.296. The van der Waals surface area contributed by atoms with Crippen LogP contribution < -0.4 is 10.1 Å². The van der Waals surface area contributed by atoms with Gasteiger partial charge in [0.05, 0.1) is 18.8 Å². The molecule has 0 aliphatic heterocycles. The molecule has 0 aromatic heterocycles. The van der Waals surface area contributed by atoms with Gasteiger partial charge in [0.25, 0.3) is 0 Å². The van der Waals surface area contributed by atoms with Gasteiger partial charge in [-0.2, -0.15) is 13.2 Å². The number of aliphatic hydroxyl groups excluding tert-OH is 1. The van der Waals surface area contributed by atoms with Gasteiger partial charge < -0.3 is 15.2 Å². The molecule has 2 rings (SSSR count). The van der Waals surface area contributed by atoms with E-state index >= 15 is 0 Å². The first kappa shape index (κ1) is 23.4. The average Bonchev–Trinajstić information content (AvgIpc) is 2.59. The van der Waals surface area contributed by atoms with Crippen molar-refractivity contribution in [1.82, 2.24) is 5.32 Å². The van der Waals surface area contributed by atoms with Crippen LogP contribution in [0, 0.1) is 5.82 Å². The zero-order valence-electron chi connectivity index (χ0n) is 14.9. The maximum atomic E-state index is 13.7. The SMILES string of the molecule is Br.COc1ccc(CC(C)NCC(O)c2cccc(C(F)(F)F)c2)cc1F. The van der Waals surface area contributed by atoms with E-state index in [1.54, 1.807) is 6.07 Å². The molecule has 0 spiro atoms. The standard InChI is InChI=1S/C19H21F4NO2.BrH/c1-12(8-13-6-7-18(26-2)16(20)9-13)24-11-17(25)14-4-3-5-15(10-14)19(21,22)23;/h3-7,9-10,12,17,24-25H,8,11H2,1-2H3;1H. The molecule has 27 heavy (non-hydrogen) atoms. The summed E-state index contributed by atoms with van der Waals surface area (Å²) in [7, 11) is 1.39. The molecule has 0 amide bonds. The van der Waals surface area contributed by atoms with Crippen LogP contribution in [0.4, 0.5) is 17.6 Å². The van der Waals surface area contributed by atoms with Crippen LogP contribution in [-0.4, -0.2) is 24.8 Å². The van der Waals surface area contributed by atoms with Gasteiger partial charge in [0.1, 0.15) is 0 Å². The van der Waals surface area contributed by atoms with Crippen molar-refractivity contribution in [2.24, 2.45) is 0 Å². The zero-order chi connectivity index (χ0) is 19.3. The van der Waals surface area contributed by atoms with E-state index in [0.29, 0.717) is 6.42 Å². The summed E-state index contributed by atoms with van der Waals surface area (Å²) in [5, 5.41) is 13.2. The van der Waals surface area contributed by atoms with Crippen molar-refractivity contribution in [3.8, 4) is 5.75 Å². The van der Waals surface area contributed by atoms with Gasteiger partial charge in [-0.1, -0.05) is 18.2 Å². The van der Waals surface area contributed by atoms with E-state index in [4.69, 9.17) is 4.74 Å². The number of hydrogen-bond acceptors (Lipinski definition) is 3. The fraction of sp³-hybridized carbons (Fsp3) is 0.368. The van der Waals surface area contributed by atoms with Crippen molar-refractivity contribution in [3.05, 3.63) is 65.0 Å². The fourth-order valence-electron chi connectivity index (χ4n) is 2.62. The Balaban J connectivity index is 0.00000364. The van der Waals surface area contributed by atoms with E-state index in [-0.39, 0.29) is 40.9 Å². The topological polar surface area (TPSA) is 41.5 Å². The lowest BCUT2D eigenvalue weighted by atomic mass is 10.0. The molecule has 0 bridgehead atoms. The van der Waals surface area contributed by atoms with Gasteiger partial charge >= 0.3 is 6.18 Å². The first-order valence-corrected chi connectivity index (χ1v) is 8.11. The van der Waals surface area contributed by atoms with Crippen LogP contribution in [0.25, 0.3) is 0 Å². The lowest BCUT2D eigenvalue weighted by Gasteiger charge is -2.18. The van der Waals surface area contributed by atoms with Gasteiger partial charge in [-0.05, 0) is 48.7 Å². The Morgan fingerprint density at radius 1 is 1.15 bits per heavy atom. The largest absolute Gasteiger partial charge is 0.494 e. The summed E-state index contributed by atoms with van der Waals surface area (Å²) in [6.07, 6.45) is -5.03. The number of hydrogen-bond donors (Lipinski definition) is 2. The predicted octanol–water partition coefficient (Wildman–Crippen LogP) is 4.69. The minimum absolute atomic E-state index is 0. The van der Waals surface area contributed by atoms with Crippen LogP contribution in [-0.2, 0) is 12.6 Å². The highest BCUT2D eigenvalue weighted by atomic mass is 79.9. The molecule has 0 aliphatic rings. The van der Waals surface area contributed by atoms with E-state index in [9.17, 15) is 22.7 Å². The van der Waals surface area contributed by atoms with Crippen molar-refractivity contribution in [2.45, 2.75) is 31.7 Å². The molecule has 8 heteroatoms. The van der Waals surface area contributed by atoms with Crippen molar-refractivity contribution < 1.29 is 27.4 Å². The second-order valence-corrected chi connectivity index (χ2v) is 6.12. The molecule has 2 aromatic rings. The molecule has 3 nitrogen and oxygen atoms in total. The number of methoxy groups -OCH3 is 1. The Kier molecular flexibility index (Phi) is 8.71. The summed E-state index contributed by atoms with van der Waals surface area (Å²) in [6.45, 7) is 1.93. The summed E-state index contributed by atoms with van der Waals surface area (Å²) in [6, 6.07) is 9.16. The van der Waals surface area contributed by atoms with Gasteiger partial charge in [-0.15, -0.1) is 17.0 Å². The molecule has 0 saturated heterocycles. The summed E-state index contributed by atoms with van der Waals surface area (Å²) in [5.41, 5.74) is 0.141. The second-order valence-electron chi connectivity index (χ2n) is 6.12. The molecule has 0 radical (unpaired) electrons. The Bertz CT molecular complexity index is 740. The van der Waals surface area contributed by atoms with Gasteiger partial charge in [0, 0.05) is 12.6 Å². The minimum atomic E-state index is -4.45. The van der Waals surface area contributed by atoms with Crippen LogP contribution in [0.2, 0.25) is 0 Å². The van der Waals surface area contributed by atoms with Gasteiger partial charge in [0.2, 0.25) is 0 Å². The van der Waals surface area contributed by atoms with Crippen LogP contribution in [0.5, 0.6) is 5.75 Å². The quantitative estimate of drug-likeness (QED) is 0.600. The number of alkyl halides is 3. The maximum absolute atomic E-state index is 13.7. The predicted molar refractivity (Wildman–Crippen MR) is 101 cm³/mol. The van der Waals surface area contributed by atoms with Crippen LogP contribution in [0.3, 0.4) is 0 Å². The maximum Gasteiger partial charge on any atom is 0.416 e. The van der Waals surface area contributed by atoms with E-state index in [0.717, 1.165) is 17.7 Å². The zero-order valence-corrected chi connectivity index (χ0v) is 16.6. The number of benzene rings is 2. The van der Waals surface area contributed by atoms with E-state index < -0.39 is 23.7 Å². The van der Waals surface area contributed by atoms with Crippen molar-refractivity contribution >= 4 is 17.0 Å². The molecule has 2 aromatic carbocycles. The Morgan fingerprint density at radius 3 is 2.44 bits per heavy atom. The Hall–Kier alpha value is -1.64. The number of nitrogens with one attached hydrogen (secondary N) is 1. The molecule has 150 valence electrons. The van der Waals surface area contributed by atoms with Crippen molar-refractivity contribution in [2.75, 3.05) is 13.7 Å². The third-order valence-corrected chi connectivity index (χ3v) is 4.02. The average molecular weight is 452 g/mol. The van der Waals surface area contributed by atoms with Crippen LogP contribution in [0.1, 0.15) is 29.7 Å². The summed E-state index contributed by atoms with van der Waals surface area (Å²) < 4.78 is 56.8. The lowest BCUT2D eigenvalue weighted by molar-refractivity contribution is -0.137. The highest BCUT2D eigenvalue weighted by molar-refractivity contribution is 8.93. The molecule has 0 fully saturated rings. The number of rotatable bonds is 7. The van der Waals surface area contributed by atoms with Gasteiger partial charge in [-0.25, -0.2) is 4.39 Å². The molecule has 2 N–H and O–H groups in total. The minimum Gasteiger partial charge on any atom is -0.494 e. The van der Waals surface area contributed by atoms with Gasteiger partial charge in [-0.3, -0.25) is 0 Å². The van der Waals surface area contributed by atoms with Gasteiger partial charge in [0.15, 0.2) is 11.6 Å². The molecular formula is C19H22BrF4NO2. The number of halogens is 5. The first-order valence-electron chi connectivity index (χ1n) is 8.11. The molecule has 0 aliphatic carbocycles. The van der Waals surface area contributed by atoms with Crippen LogP contribution >= 0.6 is 17.0 Å². The third-order valence-electron chi connectivity index (χ3n) is 4.02. The third kappa shape index (κ3) is 6.79. The lowest BCUT2D eigenvalue weighted by Crippen LogP contribution is -2.32. The number of ether oxygens (including phenoxy) is 1. The second kappa shape index (κ2) is 10.1. The van der Waals surface area contributed by atoms with E-state index in [1.165, 1.54) is 31.4 Å². The van der Waals surface area contributed by atoms with E-state index in [2.05, 4.69) is 5.32 Å². The molecule has 0 saturated carbocycles. The summed E-state index contributed by atoms with van der Waals surface area (Å²) in [4.78, 5) is 0. The molecule has 2 atom stereocenters.